The lowest BCUT2D eigenvalue weighted by Crippen LogP contribution is -2.54. The molecule has 0 aliphatic carbocycles. The zero-order valence-electron chi connectivity index (χ0n) is 10.7. The van der Waals surface area contributed by atoms with Crippen LogP contribution in [0.5, 0.6) is 5.88 Å². The van der Waals surface area contributed by atoms with Gasteiger partial charge in [0.25, 0.3) is 0 Å². The van der Waals surface area contributed by atoms with Crippen molar-refractivity contribution in [3.63, 3.8) is 0 Å². The molecule has 17 heavy (non-hydrogen) atoms. The lowest BCUT2D eigenvalue weighted by molar-refractivity contribution is 0.324. The van der Waals surface area contributed by atoms with Crippen LogP contribution in [0, 0.1) is 0 Å². The second-order valence-electron chi connectivity index (χ2n) is 4.46. The van der Waals surface area contributed by atoms with E-state index in [-0.39, 0.29) is 0 Å². The van der Waals surface area contributed by atoms with Gasteiger partial charge in [-0.1, -0.05) is 0 Å². The zero-order valence-corrected chi connectivity index (χ0v) is 10.7. The minimum atomic E-state index is 0.428. The van der Waals surface area contributed by atoms with E-state index in [1.807, 2.05) is 6.92 Å². The molecule has 2 rings (SSSR count). The van der Waals surface area contributed by atoms with Crippen LogP contribution in [0.2, 0.25) is 0 Å². The highest BCUT2D eigenvalue weighted by molar-refractivity contribution is 5.40. The third kappa shape index (κ3) is 2.85. The van der Waals surface area contributed by atoms with Crippen molar-refractivity contribution in [1.82, 2.24) is 15.3 Å². The maximum atomic E-state index is 5.38. The van der Waals surface area contributed by atoms with Gasteiger partial charge in [0.15, 0.2) is 5.82 Å². The van der Waals surface area contributed by atoms with Gasteiger partial charge in [0.1, 0.15) is 0 Å². The van der Waals surface area contributed by atoms with Crippen molar-refractivity contribution in [2.24, 2.45) is 0 Å². The number of nitrogens with one attached hydrogen (secondary N) is 1. The van der Waals surface area contributed by atoms with E-state index in [9.17, 15) is 0 Å². The Kier molecular flexibility index (Phi) is 3.78. The van der Waals surface area contributed by atoms with Gasteiger partial charge in [-0.2, -0.15) is 4.98 Å². The monoisotopic (exact) mass is 236 g/mol. The maximum absolute atomic E-state index is 5.38. The molecule has 5 heteroatoms. The molecule has 1 fully saturated rings. The number of anilines is 1. The fourth-order valence-electron chi connectivity index (χ4n) is 2.03. The average Bonchev–Trinajstić information content (AvgIpc) is 2.33. The molecular weight excluding hydrogens is 216 g/mol. The quantitative estimate of drug-likeness (QED) is 0.850. The van der Waals surface area contributed by atoms with Crippen molar-refractivity contribution in [3.05, 3.63) is 12.4 Å². The first-order valence-corrected chi connectivity index (χ1v) is 6.15. The van der Waals surface area contributed by atoms with Crippen LogP contribution in [0.1, 0.15) is 20.8 Å². The fraction of sp³-hybridized carbons (Fsp3) is 0.667. The SMILES string of the molecule is CCOc1cncc(N2CC(C)NCC2C)n1. The molecule has 0 saturated carbocycles. The van der Waals surface area contributed by atoms with Gasteiger partial charge >= 0.3 is 0 Å². The van der Waals surface area contributed by atoms with Crippen LogP contribution in [0.25, 0.3) is 0 Å². The van der Waals surface area contributed by atoms with Gasteiger partial charge in [-0.05, 0) is 20.8 Å². The van der Waals surface area contributed by atoms with Gasteiger partial charge in [0.2, 0.25) is 5.88 Å². The Hall–Kier alpha value is -1.36. The van der Waals surface area contributed by atoms with Gasteiger partial charge < -0.3 is 15.0 Å². The van der Waals surface area contributed by atoms with Gasteiger partial charge in [-0.25, -0.2) is 0 Å². The molecule has 1 aromatic heterocycles. The van der Waals surface area contributed by atoms with Crippen molar-refractivity contribution < 1.29 is 4.74 Å². The molecule has 0 aromatic carbocycles. The van der Waals surface area contributed by atoms with Gasteiger partial charge in [-0.3, -0.25) is 4.98 Å². The number of aromatic nitrogens is 2. The number of nitrogens with zero attached hydrogens (tertiary/aromatic N) is 3. The first kappa shape index (κ1) is 12.1. The molecule has 1 aromatic rings. The summed E-state index contributed by atoms with van der Waals surface area (Å²) in [6.07, 6.45) is 3.46. The highest BCUT2D eigenvalue weighted by atomic mass is 16.5. The lowest BCUT2D eigenvalue weighted by Gasteiger charge is -2.38. The van der Waals surface area contributed by atoms with E-state index in [1.54, 1.807) is 12.4 Å². The van der Waals surface area contributed by atoms with Crippen LogP contribution in [-0.4, -0.2) is 41.7 Å². The van der Waals surface area contributed by atoms with Crippen LogP contribution in [0.15, 0.2) is 12.4 Å². The number of ether oxygens (including phenoxy) is 1. The summed E-state index contributed by atoms with van der Waals surface area (Å²) in [6, 6.07) is 0.904. The predicted molar refractivity (Wildman–Crippen MR) is 67.5 cm³/mol. The minimum Gasteiger partial charge on any atom is -0.477 e. The summed E-state index contributed by atoms with van der Waals surface area (Å²) in [5.41, 5.74) is 0. The van der Waals surface area contributed by atoms with Crippen LogP contribution >= 0.6 is 0 Å². The van der Waals surface area contributed by atoms with E-state index >= 15 is 0 Å². The van der Waals surface area contributed by atoms with Gasteiger partial charge in [-0.15, -0.1) is 0 Å². The third-order valence-corrected chi connectivity index (χ3v) is 2.95. The first-order chi connectivity index (χ1) is 8.20. The average molecular weight is 236 g/mol. The molecule has 1 saturated heterocycles. The van der Waals surface area contributed by atoms with E-state index in [1.165, 1.54) is 0 Å². The van der Waals surface area contributed by atoms with Crippen LogP contribution in [0.3, 0.4) is 0 Å². The molecule has 0 bridgehead atoms. The smallest absolute Gasteiger partial charge is 0.234 e. The van der Waals surface area contributed by atoms with Crippen molar-refractivity contribution in [1.29, 1.82) is 0 Å². The molecule has 2 atom stereocenters. The van der Waals surface area contributed by atoms with Crippen LogP contribution in [0.4, 0.5) is 5.82 Å². The number of piperazine rings is 1. The third-order valence-electron chi connectivity index (χ3n) is 2.95. The van der Waals surface area contributed by atoms with Crippen molar-refractivity contribution in [2.45, 2.75) is 32.9 Å². The molecular formula is C12H20N4O. The van der Waals surface area contributed by atoms with E-state index < -0.39 is 0 Å². The number of rotatable bonds is 3. The molecule has 5 nitrogen and oxygen atoms in total. The second kappa shape index (κ2) is 5.31. The van der Waals surface area contributed by atoms with E-state index in [0.717, 1.165) is 18.9 Å². The summed E-state index contributed by atoms with van der Waals surface area (Å²) < 4.78 is 5.38. The van der Waals surface area contributed by atoms with E-state index in [0.29, 0.717) is 24.6 Å². The van der Waals surface area contributed by atoms with E-state index in [2.05, 4.69) is 34.0 Å². The van der Waals surface area contributed by atoms with Gasteiger partial charge in [0.05, 0.1) is 19.0 Å². The highest BCUT2D eigenvalue weighted by Crippen LogP contribution is 2.18. The van der Waals surface area contributed by atoms with Crippen molar-refractivity contribution in [3.8, 4) is 5.88 Å². The van der Waals surface area contributed by atoms with Crippen LogP contribution in [-0.2, 0) is 0 Å². The minimum absolute atomic E-state index is 0.428. The normalized spacial score (nSPS) is 24.8. The molecule has 1 aliphatic heterocycles. The summed E-state index contributed by atoms with van der Waals surface area (Å²) in [7, 11) is 0. The predicted octanol–water partition coefficient (Wildman–Crippen LogP) is 1.06. The number of hydrogen-bond donors (Lipinski definition) is 1. The molecule has 0 radical (unpaired) electrons. The van der Waals surface area contributed by atoms with Crippen LogP contribution < -0.4 is 15.0 Å². The Morgan fingerprint density at radius 3 is 3.06 bits per heavy atom. The lowest BCUT2D eigenvalue weighted by atomic mass is 10.1. The molecule has 1 N–H and O–H groups in total. The highest BCUT2D eigenvalue weighted by Gasteiger charge is 2.23. The zero-order chi connectivity index (χ0) is 12.3. The molecule has 2 heterocycles. The van der Waals surface area contributed by atoms with Gasteiger partial charge in [0, 0.05) is 25.2 Å². The molecule has 0 spiro atoms. The Morgan fingerprint density at radius 2 is 2.29 bits per heavy atom. The molecule has 94 valence electrons. The second-order valence-corrected chi connectivity index (χ2v) is 4.46. The first-order valence-electron chi connectivity index (χ1n) is 6.15. The topological polar surface area (TPSA) is 50.3 Å². The van der Waals surface area contributed by atoms with Crippen molar-refractivity contribution in [2.75, 3.05) is 24.6 Å². The Balaban J connectivity index is 2.16. The van der Waals surface area contributed by atoms with E-state index in [4.69, 9.17) is 4.74 Å². The molecule has 0 amide bonds. The summed E-state index contributed by atoms with van der Waals surface area (Å²) in [5.74, 6) is 1.50. The Bertz CT molecular complexity index is 371. The summed E-state index contributed by atoms with van der Waals surface area (Å²) >= 11 is 0. The maximum Gasteiger partial charge on any atom is 0.234 e. The summed E-state index contributed by atoms with van der Waals surface area (Å²) in [6.45, 7) is 8.86. The molecule has 2 unspecified atom stereocenters. The van der Waals surface area contributed by atoms with Crippen molar-refractivity contribution >= 4 is 5.82 Å². The Labute approximate surface area is 102 Å². The summed E-state index contributed by atoms with van der Waals surface area (Å²) in [4.78, 5) is 10.9. The standard InChI is InChI=1S/C12H20N4O/c1-4-17-12-7-13-6-11(15-12)16-8-9(2)14-5-10(16)3/h6-7,9-10,14H,4-5,8H2,1-3H3. The number of hydrogen-bond acceptors (Lipinski definition) is 5. The fourth-order valence-corrected chi connectivity index (χ4v) is 2.03. The largest absolute Gasteiger partial charge is 0.477 e. The molecule has 1 aliphatic rings. The Morgan fingerprint density at radius 1 is 1.47 bits per heavy atom. The summed E-state index contributed by atoms with van der Waals surface area (Å²) in [5, 5.41) is 3.45.